The monoisotopic (exact) mass is 452 g/mol. The minimum Gasteiger partial charge on any atom is -0.508 e. The predicted molar refractivity (Wildman–Crippen MR) is 128 cm³/mol. The Labute approximate surface area is 191 Å². The minimum atomic E-state index is -0.550. The number of hydrogen-bond acceptors (Lipinski definition) is 7. The SMILES string of the molecule is COc1c(C=CC(C)C)c(O)c2c(=O)c(CC=C(C)C)c(-c3ccc(O)cc3O)oc2c1O. The molecule has 0 aliphatic heterocycles. The number of allylic oxidation sites excluding steroid dienone is 3. The van der Waals surface area contributed by atoms with Gasteiger partial charge in [-0.3, -0.25) is 4.79 Å². The standard InChI is InChI=1S/C26H28O7/c1-13(2)6-9-17-21(29)20-22(30)18(10-7-14(3)4)25(32-5)23(31)26(20)33-24(17)16-11-8-15(27)12-19(16)28/h6-8,10-12,14,27-28,30-31H,9H2,1-5H3. The zero-order valence-electron chi connectivity index (χ0n) is 19.3. The Morgan fingerprint density at radius 1 is 1.12 bits per heavy atom. The molecule has 174 valence electrons. The smallest absolute Gasteiger partial charge is 0.203 e. The highest BCUT2D eigenvalue weighted by Gasteiger charge is 2.27. The van der Waals surface area contributed by atoms with E-state index in [1.165, 1.54) is 19.2 Å². The van der Waals surface area contributed by atoms with Crippen molar-refractivity contribution in [3.8, 4) is 40.1 Å². The Morgan fingerprint density at radius 2 is 1.82 bits per heavy atom. The molecule has 7 heteroatoms. The molecule has 0 amide bonds. The number of phenolic OH excluding ortho intramolecular Hbond substituents is 4. The first-order chi connectivity index (χ1) is 15.6. The molecule has 0 bridgehead atoms. The number of ether oxygens (including phenoxy) is 1. The largest absolute Gasteiger partial charge is 0.508 e. The van der Waals surface area contributed by atoms with Crippen molar-refractivity contribution in [1.29, 1.82) is 0 Å². The quantitative estimate of drug-likeness (QED) is 0.289. The fourth-order valence-electron chi connectivity index (χ4n) is 3.50. The van der Waals surface area contributed by atoms with Crippen LogP contribution in [0, 0.1) is 5.92 Å². The van der Waals surface area contributed by atoms with Crippen LogP contribution < -0.4 is 10.2 Å². The second-order valence-electron chi connectivity index (χ2n) is 8.38. The second-order valence-corrected chi connectivity index (χ2v) is 8.38. The molecule has 0 saturated heterocycles. The third kappa shape index (κ3) is 4.53. The van der Waals surface area contributed by atoms with Crippen molar-refractivity contribution in [2.45, 2.75) is 34.1 Å². The van der Waals surface area contributed by atoms with Gasteiger partial charge in [0.25, 0.3) is 0 Å². The van der Waals surface area contributed by atoms with Crippen molar-refractivity contribution in [1.82, 2.24) is 0 Å². The lowest BCUT2D eigenvalue weighted by Gasteiger charge is -2.16. The maximum Gasteiger partial charge on any atom is 0.203 e. The Hall–Kier alpha value is -3.87. The van der Waals surface area contributed by atoms with Gasteiger partial charge in [-0.1, -0.05) is 37.6 Å². The molecule has 0 saturated carbocycles. The van der Waals surface area contributed by atoms with Gasteiger partial charge in [0.1, 0.15) is 28.4 Å². The van der Waals surface area contributed by atoms with E-state index in [4.69, 9.17) is 9.15 Å². The van der Waals surface area contributed by atoms with Gasteiger partial charge < -0.3 is 29.6 Å². The number of methoxy groups -OCH3 is 1. The molecule has 0 unspecified atom stereocenters. The lowest BCUT2D eigenvalue weighted by molar-refractivity contribution is 0.366. The Kier molecular flexibility index (Phi) is 6.72. The molecule has 0 atom stereocenters. The molecule has 3 rings (SSSR count). The van der Waals surface area contributed by atoms with E-state index in [0.717, 1.165) is 11.6 Å². The van der Waals surface area contributed by atoms with Crippen LogP contribution in [0.2, 0.25) is 0 Å². The summed E-state index contributed by atoms with van der Waals surface area (Å²) in [5.74, 6) is -1.15. The second kappa shape index (κ2) is 9.32. The van der Waals surface area contributed by atoms with Crippen molar-refractivity contribution in [2.75, 3.05) is 7.11 Å². The van der Waals surface area contributed by atoms with E-state index in [1.54, 1.807) is 12.2 Å². The Morgan fingerprint density at radius 3 is 2.39 bits per heavy atom. The van der Waals surface area contributed by atoms with E-state index >= 15 is 0 Å². The predicted octanol–water partition coefficient (Wildman–Crippen LogP) is 5.47. The molecule has 1 aromatic heterocycles. The number of rotatable bonds is 6. The van der Waals surface area contributed by atoms with Crippen molar-refractivity contribution in [3.05, 3.63) is 57.3 Å². The molecule has 4 N–H and O–H groups in total. The summed E-state index contributed by atoms with van der Waals surface area (Å²) in [4.78, 5) is 13.6. The van der Waals surface area contributed by atoms with E-state index in [1.807, 2.05) is 33.8 Å². The first-order valence-corrected chi connectivity index (χ1v) is 10.5. The highest BCUT2D eigenvalue weighted by atomic mass is 16.5. The maximum atomic E-state index is 13.6. The third-order valence-corrected chi connectivity index (χ3v) is 5.17. The summed E-state index contributed by atoms with van der Waals surface area (Å²) >= 11 is 0. The molecular formula is C26H28O7. The van der Waals surface area contributed by atoms with Crippen LogP contribution >= 0.6 is 0 Å². The number of fused-ring (bicyclic) bond motifs is 1. The van der Waals surface area contributed by atoms with Crippen LogP contribution in [0.3, 0.4) is 0 Å². The van der Waals surface area contributed by atoms with Crippen LogP contribution in [-0.2, 0) is 6.42 Å². The van der Waals surface area contributed by atoms with Gasteiger partial charge in [0.2, 0.25) is 11.2 Å². The first-order valence-electron chi connectivity index (χ1n) is 10.5. The topological polar surface area (TPSA) is 120 Å². The molecule has 7 nitrogen and oxygen atoms in total. The normalized spacial score (nSPS) is 11.5. The summed E-state index contributed by atoms with van der Waals surface area (Å²) in [6.45, 7) is 7.65. The molecule has 2 aromatic carbocycles. The van der Waals surface area contributed by atoms with Gasteiger partial charge in [0.05, 0.1) is 18.2 Å². The molecule has 0 aliphatic rings. The Bertz CT molecular complexity index is 1320. The highest BCUT2D eigenvalue weighted by molar-refractivity contribution is 5.97. The van der Waals surface area contributed by atoms with E-state index in [9.17, 15) is 25.2 Å². The first kappa shape index (κ1) is 23.8. The lowest BCUT2D eigenvalue weighted by atomic mass is 9.98. The zero-order chi connectivity index (χ0) is 24.4. The third-order valence-electron chi connectivity index (χ3n) is 5.17. The molecule has 0 radical (unpaired) electrons. The van der Waals surface area contributed by atoms with E-state index in [0.29, 0.717) is 0 Å². The lowest BCUT2D eigenvalue weighted by Crippen LogP contribution is -2.12. The van der Waals surface area contributed by atoms with E-state index in [-0.39, 0.29) is 68.8 Å². The average molecular weight is 453 g/mol. The van der Waals surface area contributed by atoms with Crippen LogP contribution in [-0.4, -0.2) is 27.5 Å². The van der Waals surface area contributed by atoms with Crippen molar-refractivity contribution in [2.24, 2.45) is 5.92 Å². The van der Waals surface area contributed by atoms with Gasteiger partial charge in [-0.25, -0.2) is 0 Å². The minimum absolute atomic E-state index is 0.0183. The number of aromatic hydroxyl groups is 4. The van der Waals surface area contributed by atoms with Crippen LogP contribution in [0.15, 0.2) is 45.1 Å². The zero-order valence-corrected chi connectivity index (χ0v) is 19.3. The van der Waals surface area contributed by atoms with Crippen LogP contribution in [0.4, 0.5) is 0 Å². The molecular weight excluding hydrogens is 424 g/mol. The van der Waals surface area contributed by atoms with Crippen molar-refractivity contribution >= 4 is 17.0 Å². The maximum absolute atomic E-state index is 13.6. The van der Waals surface area contributed by atoms with Gasteiger partial charge in [-0.2, -0.15) is 0 Å². The molecule has 0 aliphatic carbocycles. The summed E-state index contributed by atoms with van der Waals surface area (Å²) in [5.41, 5.74) is 0.647. The molecule has 1 heterocycles. The fraction of sp³-hybridized carbons (Fsp3) is 0.269. The van der Waals surface area contributed by atoms with Gasteiger partial charge in [-0.05, 0) is 38.3 Å². The summed E-state index contributed by atoms with van der Waals surface area (Å²) in [7, 11) is 1.33. The molecule has 0 fully saturated rings. The average Bonchev–Trinajstić information content (AvgIpc) is 2.73. The van der Waals surface area contributed by atoms with Crippen LogP contribution in [0.25, 0.3) is 28.4 Å². The van der Waals surface area contributed by atoms with Gasteiger partial charge >= 0.3 is 0 Å². The van der Waals surface area contributed by atoms with E-state index in [2.05, 4.69) is 0 Å². The summed E-state index contributed by atoms with van der Waals surface area (Å²) in [6, 6.07) is 3.89. The number of hydrogen-bond donors (Lipinski definition) is 4. The van der Waals surface area contributed by atoms with Gasteiger partial charge in [0.15, 0.2) is 11.3 Å². The summed E-state index contributed by atoms with van der Waals surface area (Å²) in [6.07, 6.45) is 5.38. The number of benzene rings is 2. The molecule has 33 heavy (non-hydrogen) atoms. The van der Waals surface area contributed by atoms with Crippen molar-refractivity contribution < 1.29 is 29.6 Å². The van der Waals surface area contributed by atoms with Gasteiger partial charge in [0, 0.05) is 11.6 Å². The van der Waals surface area contributed by atoms with E-state index < -0.39 is 11.2 Å². The Balaban J connectivity index is 2.49. The molecule has 0 spiro atoms. The molecule has 3 aromatic rings. The van der Waals surface area contributed by atoms with Crippen LogP contribution in [0.5, 0.6) is 28.7 Å². The fourth-order valence-corrected chi connectivity index (χ4v) is 3.50. The van der Waals surface area contributed by atoms with Crippen LogP contribution in [0.1, 0.15) is 38.8 Å². The van der Waals surface area contributed by atoms with Gasteiger partial charge in [-0.15, -0.1) is 0 Å². The summed E-state index contributed by atoms with van der Waals surface area (Å²) in [5, 5.41) is 41.9. The van der Waals surface area contributed by atoms with Crippen molar-refractivity contribution in [3.63, 3.8) is 0 Å². The highest BCUT2D eigenvalue weighted by Crippen LogP contribution is 2.46. The number of phenols is 4. The summed E-state index contributed by atoms with van der Waals surface area (Å²) < 4.78 is 11.3.